The van der Waals surface area contributed by atoms with Crippen LogP contribution in [0.15, 0.2) is 4.47 Å². The lowest BCUT2D eigenvalue weighted by atomic mass is 10.3. The predicted octanol–water partition coefficient (Wildman–Crippen LogP) is 2.62. The lowest BCUT2D eigenvalue weighted by Gasteiger charge is -2.07. The van der Waals surface area contributed by atoms with Gasteiger partial charge in [0.15, 0.2) is 0 Å². The molecule has 1 aromatic heterocycles. The molecule has 0 bridgehead atoms. The second kappa shape index (κ2) is 7.17. The Morgan fingerprint density at radius 1 is 1.25 bits per heavy atom. The molecule has 1 heterocycles. The van der Waals surface area contributed by atoms with Gasteiger partial charge >= 0.3 is 0 Å². The summed E-state index contributed by atoms with van der Waals surface area (Å²) in [5.74, 6) is 0.720. The fourth-order valence-electron chi connectivity index (χ4n) is 1.23. The van der Waals surface area contributed by atoms with Crippen LogP contribution in [0.1, 0.15) is 17.9 Å². The number of hydrogen-bond acceptors (Lipinski definition) is 4. The molecule has 6 heteroatoms. The largest absolute Gasteiger partial charge is 0.385 e. The first kappa shape index (κ1) is 13.8. The average molecular weight is 310 g/mol. The monoisotopic (exact) mass is 308 g/mol. The molecule has 0 fully saturated rings. The summed E-state index contributed by atoms with van der Waals surface area (Å²) in [6.07, 6.45) is 1.62. The highest BCUT2D eigenvalue weighted by Gasteiger charge is 2.10. The van der Waals surface area contributed by atoms with Gasteiger partial charge in [0.05, 0.1) is 16.8 Å². The van der Waals surface area contributed by atoms with E-state index in [4.69, 9.17) is 21.1 Å². The van der Waals surface area contributed by atoms with E-state index in [0.717, 1.165) is 24.4 Å². The van der Waals surface area contributed by atoms with Gasteiger partial charge in [-0.25, -0.2) is 9.97 Å². The number of halogens is 2. The van der Waals surface area contributed by atoms with E-state index in [1.54, 1.807) is 14.2 Å². The van der Waals surface area contributed by atoms with E-state index >= 15 is 0 Å². The Morgan fingerprint density at radius 3 is 2.62 bits per heavy atom. The van der Waals surface area contributed by atoms with Gasteiger partial charge in [0.2, 0.25) is 0 Å². The Hall–Kier alpha value is -0.230. The van der Waals surface area contributed by atoms with Gasteiger partial charge in [0.1, 0.15) is 11.0 Å². The maximum Gasteiger partial charge on any atom is 0.147 e. The molecular formula is C10H14BrClN2O2. The topological polar surface area (TPSA) is 44.2 Å². The standard InChI is InChI=1S/C10H14BrClN2O2/c1-15-5-3-4-8-13-7(6-16-2)9(11)10(12)14-8/h3-6H2,1-2H3. The van der Waals surface area contributed by atoms with Gasteiger partial charge in [-0.1, -0.05) is 11.6 Å². The maximum atomic E-state index is 5.98. The Balaban J connectivity index is 2.77. The highest BCUT2D eigenvalue weighted by Crippen LogP contribution is 2.24. The van der Waals surface area contributed by atoms with E-state index in [1.807, 2.05) is 0 Å². The Bertz CT molecular complexity index is 350. The molecule has 4 nitrogen and oxygen atoms in total. The third kappa shape index (κ3) is 3.97. The lowest BCUT2D eigenvalue weighted by Crippen LogP contribution is -2.04. The fraction of sp³-hybridized carbons (Fsp3) is 0.600. The van der Waals surface area contributed by atoms with Crippen molar-refractivity contribution in [2.75, 3.05) is 20.8 Å². The molecule has 0 spiro atoms. The van der Waals surface area contributed by atoms with Crippen molar-refractivity contribution in [2.24, 2.45) is 0 Å². The molecule has 0 N–H and O–H groups in total. The summed E-state index contributed by atoms with van der Waals surface area (Å²) >= 11 is 9.32. The van der Waals surface area contributed by atoms with Gasteiger partial charge in [-0.15, -0.1) is 0 Å². The third-order valence-electron chi connectivity index (χ3n) is 1.96. The van der Waals surface area contributed by atoms with Gasteiger partial charge in [-0.05, 0) is 22.4 Å². The SMILES string of the molecule is COCCCc1nc(Cl)c(Br)c(COC)n1. The number of hydrogen-bond donors (Lipinski definition) is 0. The number of rotatable bonds is 6. The molecule has 0 aromatic carbocycles. The van der Waals surface area contributed by atoms with Crippen molar-refractivity contribution in [2.45, 2.75) is 19.4 Å². The summed E-state index contributed by atoms with van der Waals surface area (Å²) in [5, 5.41) is 0.425. The van der Waals surface area contributed by atoms with E-state index in [-0.39, 0.29) is 0 Å². The molecule has 0 aliphatic heterocycles. The first-order chi connectivity index (χ1) is 7.69. The van der Waals surface area contributed by atoms with E-state index in [1.165, 1.54) is 0 Å². The quantitative estimate of drug-likeness (QED) is 0.598. The molecule has 0 saturated heterocycles. The average Bonchev–Trinajstić information content (AvgIpc) is 2.26. The van der Waals surface area contributed by atoms with Crippen molar-refractivity contribution in [3.63, 3.8) is 0 Å². The molecule has 0 saturated carbocycles. The smallest absolute Gasteiger partial charge is 0.147 e. The minimum atomic E-state index is 0.417. The predicted molar refractivity (Wildman–Crippen MR) is 65.7 cm³/mol. The van der Waals surface area contributed by atoms with Crippen LogP contribution in [0.25, 0.3) is 0 Å². The van der Waals surface area contributed by atoms with E-state index < -0.39 is 0 Å². The van der Waals surface area contributed by atoms with Gasteiger partial charge in [-0.3, -0.25) is 0 Å². The lowest BCUT2D eigenvalue weighted by molar-refractivity contribution is 0.180. The van der Waals surface area contributed by atoms with Crippen LogP contribution in [0, 0.1) is 0 Å². The van der Waals surface area contributed by atoms with Gasteiger partial charge in [0, 0.05) is 27.2 Å². The van der Waals surface area contributed by atoms with Crippen LogP contribution in [-0.2, 0) is 22.5 Å². The number of aromatic nitrogens is 2. The summed E-state index contributed by atoms with van der Waals surface area (Å²) in [6, 6.07) is 0. The zero-order valence-corrected chi connectivity index (χ0v) is 11.6. The summed E-state index contributed by atoms with van der Waals surface area (Å²) in [7, 11) is 3.29. The zero-order valence-electron chi connectivity index (χ0n) is 9.30. The van der Waals surface area contributed by atoms with Crippen LogP contribution >= 0.6 is 27.5 Å². The van der Waals surface area contributed by atoms with Crippen LogP contribution in [-0.4, -0.2) is 30.8 Å². The molecule has 1 aromatic rings. The number of nitrogens with zero attached hydrogens (tertiary/aromatic N) is 2. The molecule has 0 amide bonds. The van der Waals surface area contributed by atoms with Gasteiger partial charge < -0.3 is 9.47 Å². The number of aryl methyl sites for hydroxylation is 1. The third-order valence-corrected chi connectivity index (χ3v) is 3.29. The second-order valence-corrected chi connectivity index (χ2v) is 4.37. The van der Waals surface area contributed by atoms with Crippen LogP contribution in [0.5, 0.6) is 0 Å². The fourth-order valence-corrected chi connectivity index (χ4v) is 1.73. The van der Waals surface area contributed by atoms with Crippen LogP contribution in [0.2, 0.25) is 5.15 Å². The van der Waals surface area contributed by atoms with Gasteiger partial charge in [0.25, 0.3) is 0 Å². The molecule has 0 aliphatic rings. The van der Waals surface area contributed by atoms with Crippen molar-refractivity contribution >= 4 is 27.5 Å². The van der Waals surface area contributed by atoms with Crippen LogP contribution in [0.4, 0.5) is 0 Å². The van der Waals surface area contributed by atoms with E-state index in [9.17, 15) is 0 Å². The summed E-state index contributed by atoms with van der Waals surface area (Å²) in [6.45, 7) is 1.11. The summed E-state index contributed by atoms with van der Waals surface area (Å²) < 4.78 is 10.7. The molecule has 90 valence electrons. The van der Waals surface area contributed by atoms with Crippen LogP contribution in [0.3, 0.4) is 0 Å². The molecule has 0 unspecified atom stereocenters. The van der Waals surface area contributed by atoms with Crippen LogP contribution < -0.4 is 0 Å². The molecule has 0 aliphatic carbocycles. The summed E-state index contributed by atoms with van der Waals surface area (Å²) in [5.41, 5.74) is 0.773. The highest BCUT2D eigenvalue weighted by molar-refractivity contribution is 9.10. The molecule has 0 radical (unpaired) electrons. The highest BCUT2D eigenvalue weighted by atomic mass is 79.9. The Kier molecular flexibility index (Phi) is 6.20. The minimum Gasteiger partial charge on any atom is -0.385 e. The number of methoxy groups -OCH3 is 2. The normalized spacial score (nSPS) is 10.8. The second-order valence-electron chi connectivity index (χ2n) is 3.22. The van der Waals surface area contributed by atoms with E-state index in [2.05, 4.69) is 25.9 Å². The van der Waals surface area contributed by atoms with Crippen molar-refractivity contribution < 1.29 is 9.47 Å². The first-order valence-corrected chi connectivity index (χ1v) is 6.04. The molecule has 0 atom stereocenters. The first-order valence-electron chi connectivity index (χ1n) is 4.87. The zero-order chi connectivity index (χ0) is 12.0. The van der Waals surface area contributed by atoms with Crippen molar-refractivity contribution in [1.29, 1.82) is 0 Å². The van der Waals surface area contributed by atoms with Gasteiger partial charge in [-0.2, -0.15) is 0 Å². The molecule has 1 rings (SSSR count). The summed E-state index contributed by atoms with van der Waals surface area (Å²) in [4.78, 5) is 8.56. The number of ether oxygens (including phenoxy) is 2. The van der Waals surface area contributed by atoms with E-state index in [0.29, 0.717) is 22.8 Å². The van der Waals surface area contributed by atoms with Crippen molar-refractivity contribution in [3.05, 3.63) is 21.1 Å². The molecular weight excluding hydrogens is 295 g/mol. The van der Waals surface area contributed by atoms with Crippen molar-refractivity contribution in [1.82, 2.24) is 9.97 Å². The molecule has 16 heavy (non-hydrogen) atoms. The Morgan fingerprint density at radius 2 is 2.00 bits per heavy atom. The maximum absolute atomic E-state index is 5.98. The Labute approximate surface area is 108 Å². The minimum absolute atomic E-state index is 0.417. The van der Waals surface area contributed by atoms with Crippen molar-refractivity contribution in [3.8, 4) is 0 Å².